The molecular weight excluding hydrogens is 224 g/mol. The highest BCUT2D eigenvalue weighted by molar-refractivity contribution is 5.83. The molecular formula is C11H14N2O4. The van der Waals surface area contributed by atoms with E-state index >= 15 is 0 Å². The normalized spacial score (nSPS) is 11.8. The van der Waals surface area contributed by atoms with Gasteiger partial charge in [-0.25, -0.2) is 4.79 Å². The predicted molar refractivity (Wildman–Crippen MR) is 59.2 cm³/mol. The van der Waals surface area contributed by atoms with Crippen molar-refractivity contribution in [1.82, 2.24) is 10.3 Å². The summed E-state index contributed by atoms with van der Waals surface area (Å²) < 4.78 is 0. The first kappa shape index (κ1) is 13.1. The van der Waals surface area contributed by atoms with Gasteiger partial charge in [-0.15, -0.1) is 0 Å². The third kappa shape index (κ3) is 4.60. The predicted octanol–water partition coefficient (Wildman–Crippen LogP) is -0.424. The summed E-state index contributed by atoms with van der Waals surface area (Å²) in [7, 11) is 0. The first-order valence-corrected chi connectivity index (χ1v) is 5.16. The molecule has 1 amide bonds. The smallest absolute Gasteiger partial charge is 0.328 e. The average molecular weight is 238 g/mol. The fraction of sp³-hybridized carbons (Fsp3) is 0.364. The Hall–Kier alpha value is -1.95. The lowest BCUT2D eigenvalue weighted by atomic mass is 10.2. The Morgan fingerprint density at radius 2 is 2.18 bits per heavy atom. The Labute approximate surface area is 98.3 Å². The molecule has 0 saturated heterocycles. The molecule has 1 atom stereocenters. The molecule has 0 aliphatic heterocycles. The molecule has 0 saturated carbocycles. The maximum atomic E-state index is 11.4. The number of carboxylic acid groups (broad SMARTS) is 1. The zero-order valence-electron chi connectivity index (χ0n) is 9.17. The van der Waals surface area contributed by atoms with Crippen LogP contribution in [0.2, 0.25) is 0 Å². The van der Waals surface area contributed by atoms with E-state index in [0.717, 1.165) is 5.69 Å². The van der Waals surface area contributed by atoms with Crippen molar-refractivity contribution in [2.24, 2.45) is 0 Å². The molecule has 0 radical (unpaired) electrons. The zero-order chi connectivity index (χ0) is 12.7. The number of aromatic nitrogens is 1. The highest BCUT2D eigenvalue weighted by atomic mass is 16.4. The lowest BCUT2D eigenvalue weighted by molar-refractivity contribution is -0.142. The van der Waals surface area contributed by atoms with E-state index in [9.17, 15) is 9.59 Å². The summed E-state index contributed by atoms with van der Waals surface area (Å²) in [6.45, 7) is -0.620. The van der Waals surface area contributed by atoms with E-state index in [1.54, 1.807) is 18.3 Å². The van der Waals surface area contributed by atoms with E-state index in [0.29, 0.717) is 6.42 Å². The Morgan fingerprint density at radius 1 is 1.41 bits per heavy atom. The summed E-state index contributed by atoms with van der Waals surface area (Å²) >= 11 is 0. The van der Waals surface area contributed by atoms with Crippen LogP contribution in [0.25, 0.3) is 0 Å². The average Bonchev–Trinajstić information content (AvgIpc) is 2.34. The van der Waals surface area contributed by atoms with Crippen LogP contribution in [0.3, 0.4) is 0 Å². The van der Waals surface area contributed by atoms with Gasteiger partial charge in [-0.2, -0.15) is 0 Å². The lowest BCUT2D eigenvalue weighted by Crippen LogP contribution is -2.43. The number of amides is 1. The second-order valence-electron chi connectivity index (χ2n) is 3.46. The summed E-state index contributed by atoms with van der Waals surface area (Å²) in [5, 5.41) is 19.6. The maximum Gasteiger partial charge on any atom is 0.328 e. The quantitative estimate of drug-likeness (QED) is 0.625. The molecule has 6 nitrogen and oxygen atoms in total. The largest absolute Gasteiger partial charge is 0.480 e. The van der Waals surface area contributed by atoms with Gasteiger partial charge in [-0.1, -0.05) is 6.07 Å². The summed E-state index contributed by atoms with van der Waals surface area (Å²) in [6, 6.07) is 4.13. The van der Waals surface area contributed by atoms with Crippen LogP contribution in [0, 0.1) is 0 Å². The molecule has 0 aromatic carbocycles. The number of carbonyl (C=O) groups is 2. The van der Waals surface area contributed by atoms with E-state index in [1.165, 1.54) is 0 Å². The van der Waals surface area contributed by atoms with E-state index in [2.05, 4.69) is 10.3 Å². The Kier molecular flexibility index (Phi) is 5.09. The Bertz CT molecular complexity index is 380. The van der Waals surface area contributed by atoms with E-state index in [1.807, 2.05) is 6.07 Å². The standard InChI is InChI=1S/C11H14N2O4/c14-7-9(11(16)17)13-10(15)5-4-8-3-1-2-6-12-8/h1-3,6,9,14H,4-5,7H2,(H,13,15)(H,16,17)/t9-/m0/s1. The molecule has 1 aromatic heterocycles. The van der Waals surface area contributed by atoms with Crippen LogP contribution in [0.5, 0.6) is 0 Å². The number of rotatable bonds is 6. The van der Waals surface area contributed by atoms with Crippen LogP contribution in [0.4, 0.5) is 0 Å². The number of pyridine rings is 1. The molecule has 1 heterocycles. The highest BCUT2D eigenvalue weighted by Crippen LogP contribution is 1.98. The second-order valence-corrected chi connectivity index (χ2v) is 3.46. The molecule has 0 spiro atoms. The maximum absolute atomic E-state index is 11.4. The van der Waals surface area contributed by atoms with Crippen molar-refractivity contribution in [3.8, 4) is 0 Å². The van der Waals surface area contributed by atoms with Crippen LogP contribution in [0.15, 0.2) is 24.4 Å². The van der Waals surface area contributed by atoms with Gasteiger partial charge in [0.05, 0.1) is 6.61 Å². The third-order valence-corrected chi connectivity index (χ3v) is 2.15. The number of carboxylic acids is 1. The number of carbonyl (C=O) groups excluding carboxylic acids is 1. The minimum Gasteiger partial charge on any atom is -0.480 e. The zero-order valence-corrected chi connectivity index (χ0v) is 9.17. The van der Waals surface area contributed by atoms with Crippen molar-refractivity contribution in [2.75, 3.05) is 6.61 Å². The third-order valence-electron chi connectivity index (χ3n) is 2.15. The van der Waals surface area contributed by atoms with Crippen molar-refractivity contribution >= 4 is 11.9 Å². The van der Waals surface area contributed by atoms with E-state index < -0.39 is 24.5 Å². The number of hydrogen-bond donors (Lipinski definition) is 3. The van der Waals surface area contributed by atoms with Gasteiger partial charge < -0.3 is 15.5 Å². The van der Waals surface area contributed by atoms with Gasteiger partial charge in [0.1, 0.15) is 6.04 Å². The van der Waals surface area contributed by atoms with Gasteiger partial charge in [0, 0.05) is 18.3 Å². The highest BCUT2D eigenvalue weighted by Gasteiger charge is 2.18. The molecule has 6 heteroatoms. The summed E-state index contributed by atoms with van der Waals surface area (Å²) in [5.41, 5.74) is 0.763. The van der Waals surface area contributed by atoms with Crippen molar-refractivity contribution < 1.29 is 19.8 Å². The molecule has 0 aliphatic rings. The first-order valence-electron chi connectivity index (χ1n) is 5.16. The van der Waals surface area contributed by atoms with E-state index in [4.69, 9.17) is 10.2 Å². The number of aliphatic hydroxyl groups excluding tert-OH is 1. The fourth-order valence-corrected chi connectivity index (χ4v) is 1.24. The molecule has 1 aromatic rings. The number of aliphatic carboxylic acids is 1. The molecule has 1 rings (SSSR count). The van der Waals surface area contributed by atoms with E-state index in [-0.39, 0.29) is 6.42 Å². The molecule has 0 fully saturated rings. The molecule has 17 heavy (non-hydrogen) atoms. The second kappa shape index (κ2) is 6.59. The minimum atomic E-state index is -1.25. The van der Waals surface area contributed by atoms with Gasteiger partial charge >= 0.3 is 5.97 Å². The molecule has 0 aliphatic carbocycles. The number of aliphatic hydroxyl groups is 1. The summed E-state index contributed by atoms with van der Waals surface area (Å²) in [6.07, 6.45) is 2.20. The first-order chi connectivity index (χ1) is 8.13. The monoisotopic (exact) mass is 238 g/mol. The van der Waals surface area contributed by atoms with Crippen molar-refractivity contribution in [3.05, 3.63) is 30.1 Å². The number of aryl methyl sites for hydroxylation is 1. The summed E-state index contributed by atoms with van der Waals surface area (Å²) in [5.74, 6) is -1.67. The Morgan fingerprint density at radius 3 is 2.71 bits per heavy atom. The topological polar surface area (TPSA) is 99.5 Å². The van der Waals surface area contributed by atoms with Crippen molar-refractivity contribution in [3.63, 3.8) is 0 Å². The van der Waals surface area contributed by atoms with Gasteiger partial charge in [-0.3, -0.25) is 9.78 Å². The number of nitrogens with zero attached hydrogens (tertiary/aromatic N) is 1. The van der Waals surface area contributed by atoms with Crippen LogP contribution >= 0.6 is 0 Å². The minimum absolute atomic E-state index is 0.140. The SMILES string of the molecule is O=C(CCc1ccccn1)N[C@@H](CO)C(=O)O. The molecule has 3 N–H and O–H groups in total. The van der Waals surface area contributed by atoms with Crippen LogP contribution in [-0.2, 0) is 16.0 Å². The van der Waals surface area contributed by atoms with Crippen molar-refractivity contribution in [1.29, 1.82) is 0 Å². The molecule has 0 unspecified atom stereocenters. The molecule has 0 bridgehead atoms. The van der Waals surface area contributed by atoms with Crippen LogP contribution in [-0.4, -0.2) is 39.7 Å². The Balaban J connectivity index is 2.37. The molecule has 92 valence electrons. The summed E-state index contributed by atoms with van der Waals surface area (Å²) in [4.78, 5) is 26.0. The van der Waals surface area contributed by atoms with Gasteiger partial charge in [0.2, 0.25) is 5.91 Å². The van der Waals surface area contributed by atoms with Crippen LogP contribution in [0.1, 0.15) is 12.1 Å². The lowest BCUT2D eigenvalue weighted by Gasteiger charge is -2.11. The number of hydrogen-bond acceptors (Lipinski definition) is 4. The van der Waals surface area contributed by atoms with Gasteiger partial charge in [0.15, 0.2) is 0 Å². The number of nitrogens with one attached hydrogen (secondary N) is 1. The van der Waals surface area contributed by atoms with Crippen molar-refractivity contribution in [2.45, 2.75) is 18.9 Å². The van der Waals surface area contributed by atoms with Gasteiger partial charge in [0.25, 0.3) is 0 Å². The van der Waals surface area contributed by atoms with Crippen LogP contribution < -0.4 is 5.32 Å². The fourth-order valence-electron chi connectivity index (χ4n) is 1.24. The van der Waals surface area contributed by atoms with Gasteiger partial charge in [-0.05, 0) is 18.6 Å².